The Morgan fingerprint density at radius 2 is 1.90 bits per heavy atom. The van der Waals surface area contributed by atoms with Crippen LogP contribution in [0.5, 0.6) is 0 Å². The molecule has 1 aliphatic heterocycles. The van der Waals surface area contributed by atoms with Crippen LogP contribution in [0.1, 0.15) is 40.5 Å². The van der Waals surface area contributed by atoms with E-state index in [1.165, 1.54) is 0 Å². The molecule has 7 nitrogen and oxygen atoms in total. The molecule has 21 heavy (non-hydrogen) atoms. The Bertz CT molecular complexity index is 430. The van der Waals surface area contributed by atoms with Crippen LogP contribution in [0, 0.1) is 11.3 Å². The predicted molar refractivity (Wildman–Crippen MR) is 75.4 cm³/mol. The molecular formula is C14H23N3O4. The fourth-order valence-electron chi connectivity index (χ4n) is 1.99. The molecule has 1 unspecified atom stereocenters. The first-order valence-electron chi connectivity index (χ1n) is 6.98. The van der Waals surface area contributed by atoms with Crippen molar-refractivity contribution in [3.63, 3.8) is 0 Å². The van der Waals surface area contributed by atoms with E-state index in [0.717, 1.165) is 0 Å². The summed E-state index contributed by atoms with van der Waals surface area (Å²) in [6, 6.07) is 1.31. The molecule has 0 aromatic carbocycles. The Morgan fingerprint density at radius 1 is 1.33 bits per heavy atom. The second-order valence-electron chi connectivity index (χ2n) is 6.15. The highest BCUT2D eigenvalue weighted by molar-refractivity contribution is 5.90. The summed E-state index contributed by atoms with van der Waals surface area (Å²) in [4.78, 5) is 24.4. The zero-order chi connectivity index (χ0) is 16.1. The van der Waals surface area contributed by atoms with Crippen molar-refractivity contribution >= 4 is 12.0 Å². The quantitative estimate of drug-likeness (QED) is 0.812. The first kappa shape index (κ1) is 17.2. The fraction of sp³-hybridized carbons (Fsp3) is 0.786. The maximum absolute atomic E-state index is 12.4. The van der Waals surface area contributed by atoms with Crippen LogP contribution in [0.3, 0.4) is 0 Å². The summed E-state index contributed by atoms with van der Waals surface area (Å²) in [6.07, 6.45) is 0.0380. The summed E-state index contributed by atoms with van der Waals surface area (Å²) in [5.41, 5.74) is -1.74. The molecule has 1 heterocycles. The van der Waals surface area contributed by atoms with Gasteiger partial charge in [0, 0.05) is 26.1 Å². The number of alkyl carbamates (subject to hydrolysis) is 1. The first-order chi connectivity index (χ1) is 9.68. The molecule has 1 saturated heterocycles. The zero-order valence-corrected chi connectivity index (χ0v) is 13.0. The molecule has 1 aliphatic rings. The van der Waals surface area contributed by atoms with Crippen molar-refractivity contribution in [1.82, 2.24) is 10.6 Å². The Kier molecular flexibility index (Phi) is 5.55. The smallest absolute Gasteiger partial charge is 0.408 e. The lowest BCUT2D eigenvalue weighted by molar-refractivity contribution is -0.132. The summed E-state index contributed by atoms with van der Waals surface area (Å²) < 4.78 is 10.5. The number of carbonyl (C=O) groups is 2. The van der Waals surface area contributed by atoms with Crippen molar-refractivity contribution < 1.29 is 19.1 Å². The number of amides is 2. The normalized spacial score (nSPS) is 19.0. The molecule has 0 aromatic heterocycles. The van der Waals surface area contributed by atoms with Gasteiger partial charge in [-0.05, 0) is 27.7 Å². The molecule has 0 radical (unpaired) electrons. The van der Waals surface area contributed by atoms with Crippen molar-refractivity contribution in [2.24, 2.45) is 0 Å². The van der Waals surface area contributed by atoms with E-state index < -0.39 is 23.3 Å². The molecule has 0 saturated carbocycles. The van der Waals surface area contributed by atoms with Crippen molar-refractivity contribution in [3.8, 4) is 6.07 Å². The lowest BCUT2D eigenvalue weighted by Gasteiger charge is -2.37. The van der Waals surface area contributed by atoms with E-state index in [1.807, 2.05) is 6.07 Å². The van der Waals surface area contributed by atoms with Crippen LogP contribution < -0.4 is 10.6 Å². The summed E-state index contributed by atoms with van der Waals surface area (Å²) >= 11 is 0. The molecule has 7 heteroatoms. The molecule has 1 atom stereocenters. The third-order valence-electron chi connectivity index (χ3n) is 3.06. The van der Waals surface area contributed by atoms with Gasteiger partial charge in [-0.1, -0.05) is 0 Å². The molecule has 0 aromatic rings. The standard InChI is InChI=1S/C14H23N3O4/c1-10(9-15)16-11(18)14(5-7-20-8-6-14)17-12(19)21-13(2,3)4/h10H,5-8H2,1-4H3,(H,16,18)(H,17,19). The minimum Gasteiger partial charge on any atom is -0.444 e. The van der Waals surface area contributed by atoms with Gasteiger partial charge in [0.25, 0.3) is 0 Å². The van der Waals surface area contributed by atoms with Crippen molar-refractivity contribution in [3.05, 3.63) is 0 Å². The largest absolute Gasteiger partial charge is 0.444 e. The van der Waals surface area contributed by atoms with Gasteiger partial charge >= 0.3 is 6.09 Å². The average Bonchev–Trinajstić information content (AvgIpc) is 2.37. The van der Waals surface area contributed by atoms with Gasteiger partial charge in [0.1, 0.15) is 17.2 Å². The molecule has 118 valence electrons. The highest BCUT2D eigenvalue weighted by Gasteiger charge is 2.42. The first-order valence-corrected chi connectivity index (χ1v) is 6.98. The van der Waals surface area contributed by atoms with Crippen LogP contribution in [0.15, 0.2) is 0 Å². The van der Waals surface area contributed by atoms with Gasteiger partial charge in [-0.25, -0.2) is 4.79 Å². The highest BCUT2D eigenvalue weighted by atomic mass is 16.6. The van der Waals surface area contributed by atoms with Crippen LogP contribution in [0.2, 0.25) is 0 Å². The molecule has 0 bridgehead atoms. The lowest BCUT2D eigenvalue weighted by Crippen LogP contribution is -2.62. The van der Waals surface area contributed by atoms with Crippen molar-refractivity contribution in [1.29, 1.82) is 5.26 Å². The van der Waals surface area contributed by atoms with Crippen LogP contribution in [-0.2, 0) is 14.3 Å². The Morgan fingerprint density at radius 3 is 2.38 bits per heavy atom. The van der Waals surface area contributed by atoms with Crippen molar-refractivity contribution in [2.75, 3.05) is 13.2 Å². The molecule has 2 amide bonds. The number of rotatable bonds is 3. The Hall–Kier alpha value is -1.81. The maximum atomic E-state index is 12.4. The topological polar surface area (TPSA) is 100 Å². The van der Waals surface area contributed by atoms with Gasteiger partial charge in [0.05, 0.1) is 6.07 Å². The number of ether oxygens (including phenoxy) is 2. The SMILES string of the molecule is CC(C#N)NC(=O)C1(NC(=O)OC(C)(C)C)CCOCC1. The van der Waals surface area contributed by atoms with E-state index in [1.54, 1.807) is 27.7 Å². The van der Waals surface area contributed by atoms with Crippen LogP contribution in [0.25, 0.3) is 0 Å². The van der Waals surface area contributed by atoms with E-state index in [4.69, 9.17) is 14.7 Å². The maximum Gasteiger partial charge on any atom is 0.408 e. The summed E-state index contributed by atoms with van der Waals surface area (Å²) in [5.74, 6) is -0.384. The third-order valence-corrected chi connectivity index (χ3v) is 3.06. The van der Waals surface area contributed by atoms with Crippen LogP contribution in [-0.4, -0.2) is 42.4 Å². The molecule has 1 fully saturated rings. The molecular weight excluding hydrogens is 274 g/mol. The van der Waals surface area contributed by atoms with Gasteiger partial charge in [-0.15, -0.1) is 0 Å². The minimum atomic E-state index is -1.09. The van der Waals surface area contributed by atoms with E-state index >= 15 is 0 Å². The number of hydrogen-bond donors (Lipinski definition) is 2. The van der Waals surface area contributed by atoms with E-state index in [9.17, 15) is 9.59 Å². The number of nitrogens with one attached hydrogen (secondary N) is 2. The monoisotopic (exact) mass is 297 g/mol. The van der Waals surface area contributed by atoms with Gasteiger partial charge in [-0.2, -0.15) is 5.26 Å². The number of hydrogen-bond acceptors (Lipinski definition) is 5. The van der Waals surface area contributed by atoms with Gasteiger partial charge < -0.3 is 20.1 Å². The van der Waals surface area contributed by atoms with Gasteiger partial charge in [0.15, 0.2) is 0 Å². The molecule has 0 spiro atoms. The second kappa shape index (κ2) is 6.76. The molecule has 0 aliphatic carbocycles. The van der Waals surface area contributed by atoms with Crippen molar-refractivity contribution in [2.45, 2.75) is 57.7 Å². The van der Waals surface area contributed by atoms with Crippen LogP contribution in [0.4, 0.5) is 4.79 Å². The number of nitrogens with zero attached hydrogens (tertiary/aromatic N) is 1. The van der Waals surface area contributed by atoms with E-state index in [2.05, 4.69) is 10.6 Å². The van der Waals surface area contributed by atoms with E-state index in [0.29, 0.717) is 26.1 Å². The Labute approximate surface area is 125 Å². The molecule has 2 N–H and O–H groups in total. The third kappa shape index (κ3) is 5.23. The number of carbonyl (C=O) groups excluding carboxylic acids is 2. The predicted octanol–water partition coefficient (Wildman–Crippen LogP) is 1.09. The Balaban J connectivity index is 2.81. The second-order valence-corrected chi connectivity index (χ2v) is 6.15. The lowest BCUT2D eigenvalue weighted by atomic mass is 9.89. The van der Waals surface area contributed by atoms with Gasteiger partial charge in [0.2, 0.25) is 5.91 Å². The zero-order valence-electron chi connectivity index (χ0n) is 13.0. The summed E-state index contributed by atoms with van der Waals surface area (Å²) in [6.45, 7) is 7.57. The van der Waals surface area contributed by atoms with Gasteiger partial charge in [-0.3, -0.25) is 4.79 Å². The van der Waals surface area contributed by atoms with E-state index in [-0.39, 0.29) is 5.91 Å². The average molecular weight is 297 g/mol. The number of nitriles is 1. The summed E-state index contributed by atoms with van der Waals surface area (Å²) in [7, 11) is 0. The minimum absolute atomic E-state index is 0.343. The summed E-state index contributed by atoms with van der Waals surface area (Å²) in [5, 5.41) is 14.0. The highest BCUT2D eigenvalue weighted by Crippen LogP contribution is 2.22. The molecule has 1 rings (SSSR count). The fourth-order valence-corrected chi connectivity index (χ4v) is 1.99. The van der Waals surface area contributed by atoms with Crippen LogP contribution >= 0.6 is 0 Å².